The van der Waals surface area contributed by atoms with Crippen molar-refractivity contribution in [3.63, 3.8) is 0 Å². The van der Waals surface area contributed by atoms with Crippen LogP contribution in [0.25, 0.3) is 0 Å². The van der Waals surface area contributed by atoms with Gasteiger partial charge in [-0.05, 0) is 26.9 Å². The summed E-state index contributed by atoms with van der Waals surface area (Å²) < 4.78 is 0. The van der Waals surface area contributed by atoms with E-state index in [-0.39, 0.29) is 0 Å². The van der Waals surface area contributed by atoms with Crippen molar-refractivity contribution in [1.82, 2.24) is 15.2 Å². The molecule has 1 saturated carbocycles. The molecule has 0 aliphatic heterocycles. The second-order valence-electron chi connectivity index (χ2n) is 5.25. The van der Waals surface area contributed by atoms with Crippen molar-refractivity contribution >= 4 is 11.3 Å². The maximum atomic E-state index is 4.11. The highest BCUT2D eigenvalue weighted by atomic mass is 32.1. The third-order valence-corrected chi connectivity index (χ3v) is 4.75. The summed E-state index contributed by atoms with van der Waals surface area (Å²) in [6.45, 7) is 2.05. The number of hydrogen-bond donors (Lipinski definition) is 1. The molecule has 0 bridgehead atoms. The molecule has 3 nitrogen and oxygen atoms in total. The Labute approximate surface area is 108 Å². The Morgan fingerprint density at radius 1 is 1.35 bits per heavy atom. The van der Waals surface area contributed by atoms with E-state index in [2.05, 4.69) is 29.3 Å². The minimum Gasteiger partial charge on any atom is -0.310 e. The fraction of sp³-hybridized carbons (Fsp3) is 0.769. The maximum absolute atomic E-state index is 4.11. The first-order valence-corrected chi connectivity index (χ1v) is 7.36. The van der Waals surface area contributed by atoms with Crippen LogP contribution in [0.1, 0.15) is 37.0 Å². The molecule has 2 rings (SSSR count). The van der Waals surface area contributed by atoms with Crippen molar-refractivity contribution in [2.24, 2.45) is 0 Å². The number of aromatic nitrogens is 1. The summed E-state index contributed by atoms with van der Waals surface area (Å²) in [4.78, 5) is 7.86. The van der Waals surface area contributed by atoms with Gasteiger partial charge in [-0.1, -0.05) is 19.3 Å². The summed E-state index contributed by atoms with van der Waals surface area (Å²) >= 11 is 1.73. The number of rotatable bonds is 5. The van der Waals surface area contributed by atoms with Gasteiger partial charge in [0, 0.05) is 29.7 Å². The minimum atomic E-state index is 0.378. The largest absolute Gasteiger partial charge is 0.310 e. The van der Waals surface area contributed by atoms with E-state index < -0.39 is 0 Å². The first kappa shape index (κ1) is 13.0. The molecule has 0 unspecified atom stereocenters. The van der Waals surface area contributed by atoms with Gasteiger partial charge in [0.25, 0.3) is 0 Å². The Kier molecular flexibility index (Phi) is 4.54. The van der Waals surface area contributed by atoms with E-state index in [0.717, 1.165) is 13.1 Å². The van der Waals surface area contributed by atoms with Crippen molar-refractivity contribution in [2.75, 3.05) is 20.6 Å². The van der Waals surface area contributed by atoms with E-state index in [1.54, 1.807) is 11.3 Å². The lowest BCUT2D eigenvalue weighted by Gasteiger charge is -2.43. The van der Waals surface area contributed by atoms with Crippen LogP contribution in [0, 0.1) is 0 Å². The van der Waals surface area contributed by atoms with Gasteiger partial charge in [-0.15, -0.1) is 11.3 Å². The Morgan fingerprint density at radius 2 is 2.12 bits per heavy atom. The summed E-state index contributed by atoms with van der Waals surface area (Å²) in [5, 5.41) is 3.61. The molecule has 1 aromatic heterocycles. The van der Waals surface area contributed by atoms with Gasteiger partial charge >= 0.3 is 0 Å². The van der Waals surface area contributed by atoms with E-state index in [1.807, 2.05) is 11.7 Å². The van der Waals surface area contributed by atoms with Crippen molar-refractivity contribution in [3.05, 3.63) is 16.6 Å². The van der Waals surface area contributed by atoms with Gasteiger partial charge in [0.1, 0.15) is 0 Å². The van der Waals surface area contributed by atoms with Crippen LogP contribution < -0.4 is 5.32 Å². The predicted molar refractivity (Wildman–Crippen MR) is 73.3 cm³/mol. The molecule has 1 aromatic rings. The van der Waals surface area contributed by atoms with Crippen molar-refractivity contribution in [2.45, 2.75) is 44.2 Å². The number of nitrogens with one attached hydrogen (secondary N) is 1. The first-order chi connectivity index (χ1) is 8.23. The molecule has 0 amide bonds. The summed E-state index contributed by atoms with van der Waals surface area (Å²) in [6, 6.07) is 0. The number of likely N-dealkylation sites (N-methyl/N-ethyl adjacent to an activating group) is 1. The first-order valence-electron chi connectivity index (χ1n) is 6.48. The summed E-state index contributed by atoms with van der Waals surface area (Å²) in [5.74, 6) is 0. The van der Waals surface area contributed by atoms with Crippen LogP contribution in [-0.4, -0.2) is 36.1 Å². The molecule has 1 aliphatic carbocycles. The number of hydrogen-bond acceptors (Lipinski definition) is 4. The standard InChI is InChI=1S/C13H23N3S/c1-16(2)13(6-4-3-5-7-13)10-14-8-12-9-15-11-17-12/h9,11,14H,3-8,10H2,1-2H3. The minimum absolute atomic E-state index is 0.378. The van der Waals surface area contributed by atoms with Crippen LogP contribution in [0.2, 0.25) is 0 Å². The molecule has 0 spiro atoms. The average Bonchev–Trinajstić information content (AvgIpc) is 2.83. The van der Waals surface area contributed by atoms with Crippen LogP contribution in [0.4, 0.5) is 0 Å². The van der Waals surface area contributed by atoms with Gasteiger partial charge in [0.2, 0.25) is 0 Å². The van der Waals surface area contributed by atoms with Crippen molar-refractivity contribution in [3.8, 4) is 0 Å². The maximum Gasteiger partial charge on any atom is 0.0794 e. The highest BCUT2D eigenvalue weighted by Crippen LogP contribution is 2.31. The molecule has 0 atom stereocenters. The molecular weight excluding hydrogens is 230 g/mol. The summed E-state index contributed by atoms with van der Waals surface area (Å²) in [5.41, 5.74) is 2.28. The Morgan fingerprint density at radius 3 is 2.71 bits per heavy atom. The Balaban J connectivity index is 1.85. The van der Waals surface area contributed by atoms with E-state index in [9.17, 15) is 0 Å². The zero-order valence-electron chi connectivity index (χ0n) is 10.9. The van der Waals surface area contributed by atoms with Gasteiger partial charge < -0.3 is 10.2 Å². The molecular formula is C13H23N3S. The molecule has 0 saturated heterocycles. The lowest BCUT2D eigenvalue weighted by Crippen LogP contribution is -2.52. The zero-order chi connectivity index (χ0) is 12.1. The quantitative estimate of drug-likeness (QED) is 0.874. The second kappa shape index (κ2) is 5.94. The van der Waals surface area contributed by atoms with Crippen LogP contribution in [0.3, 0.4) is 0 Å². The van der Waals surface area contributed by atoms with Crippen LogP contribution >= 0.6 is 11.3 Å². The van der Waals surface area contributed by atoms with Crippen molar-refractivity contribution < 1.29 is 0 Å². The van der Waals surface area contributed by atoms with E-state index >= 15 is 0 Å². The Bertz CT molecular complexity index is 315. The predicted octanol–water partition coefficient (Wildman–Crippen LogP) is 2.50. The molecule has 0 radical (unpaired) electrons. The lowest BCUT2D eigenvalue weighted by molar-refractivity contribution is 0.0984. The summed E-state index contributed by atoms with van der Waals surface area (Å²) in [6.07, 6.45) is 8.78. The molecule has 1 fully saturated rings. The SMILES string of the molecule is CN(C)C1(CNCc2cncs2)CCCCC1. The van der Waals surface area contributed by atoms with E-state index in [1.165, 1.54) is 37.0 Å². The Hall–Kier alpha value is -0.450. The van der Waals surface area contributed by atoms with Crippen molar-refractivity contribution in [1.29, 1.82) is 0 Å². The smallest absolute Gasteiger partial charge is 0.0794 e. The molecule has 96 valence electrons. The molecule has 17 heavy (non-hydrogen) atoms. The highest BCUT2D eigenvalue weighted by molar-refractivity contribution is 7.09. The van der Waals surface area contributed by atoms with Crippen LogP contribution in [0.5, 0.6) is 0 Å². The fourth-order valence-corrected chi connectivity index (χ4v) is 3.30. The summed E-state index contributed by atoms with van der Waals surface area (Å²) in [7, 11) is 4.44. The lowest BCUT2D eigenvalue weighted by atomic mass is 9.80. The zero-order valence-corrected chi connectivity index (χ0v) is 11.7. The molecule has 1 heterocycles. The second-order valence-corrected chi connectivity index (χ2v) is 6.22. The van der Waals surface area contributed by atoms with Gasteiger partial charge in [-0.2, -0.15) is 0 Å². The van der Waals surface area contributed by atoms with E-state index in [4.69, 9.17) is 0 Å². The average molecular weight is 253 g/mol. The molecule has 1 aliphatic rings. The topological polar surface area (TPSA) is 28.2 Å². The highest BCUT2D eigenvalue weighted by Gasteiger charge is 2.33. The van der Waals surface area contributed by atoms with Gasteiger partial charge in [0.05, 0.1) is 5.51 Å². The van der Waals surface area contributed by atoms with Gasteiger partial charge in [0.15, 0.2) is 0 Å². The van der Waals surface area contributed by atoms with Crippen LogP contribution in [-0.2, 0) is 6.54 Å². The molecule has 4 heteroatoms. The monoisotopic (exact) mass is 253 g/mol. The van der Waals surface area contributed by atoms with E-state index in [0.29, 0.717) is 5.54 Å². The molecule has 0 aromatic carbocycles. The van der Waals surface area contributed by atoms with Crippen LogP contribution in [0.15, 0.2) is 11.7 Å². The normalized spacial score (nSPS) is 19.7. The third kappa shape index (κ3) is 3.27. The third-order valence-electron chi connectivity index (χ3n) is 3.97. The number of thiazole rings is 1. The molecule has 1 N–H and O–H groups in total. The van der Waals surface area contributed by atoms with Gasteiger partial charge in [-0.3, -0.25) is 4.98 Å². The number of nitrogens with zero attached hydrogens (tertiary/aromatic N) is 2. The fourth-order valence-electron chi connectivity index (χ4n) is 2.74. The van der Waals surface area contributed by atoms with Gasteiger partial charge in [-0.25, -0.2) is 0 Å².